The van der Waals surface area contributed by atoms with E-state index in [1.165, 1.54) is 6.07 Å². The van der Waals surface area contributed by atoms with Crippen LogP contribution in [-0.2, 0) is 14.8 Å². The molecule has 1 aliphatic rings. The van der Waals surface area contributed by atoms with Gasteiger partial charge in [-0.2, -0.15) is 0 Å². The molecule has 1 fully saturated rings. The van der Waals surface area contributed by atoms with Crippen LogP contribution in [0, 0.1) is 0 Å². The van der Waals surface area contributed by atoms with Crippen LogP contribution in [0.3, 0.4) is 0 Å². The smallest absolute Gasteiger partial charge is 0.238 e. The van der Waals surface area contributed by atoms with Gasteiger partial charge in [-0.1, -0.05) is 6.07 Å². The first kappa shape index (κ1) is 12.3. The molecule has 94 valence electrons. The number of nitrogens with one attached hydrogen (secondary N) is 1. The van der Waals surface area contributed by atoms with Gasteiger partial charge in [-0.3, -0.25) is 0 Å². The molecule has 0 unspecified atom stereocenters. The topological polar surface area (TPSA) is 81.4 Å². The van der Waals surface area contributed by atoms with Crippen molar-refractivity contribution in [3.8, 4) is 0 Å². The molecule has 0 spiro atoms. The number of nitrogens with two attached hydrogens (primary N) is 1. The van der Waals surface area contributed by atoms with Crippen molar-refractivity contribution in [1.82, 2.24) is 0 Å². The maximum Gasteiger partial charge on any atom is 0.238 e. The average Bonchev–Trinajstić information content (AvgIpc) is 2.22. The molecule has 2 rings (SSSR count). The van der Waals surface area contributed by atoms with Gasteiger partial charge >= 0.3 is 0 Å². The third-order valence-corrected chi connectivity index (χ3v) is 3.87. The van der Waals surface area contributed by atoms with Crippen molar-refractivity contribution in [2.24, 2.45) is 5.14 Å². The number of anilines is 1. The van der Waals surface area contributed by atoms with Crippen LogP contribution >= 0.6 is 0 Å². The van der Waals surface area contributed by atoms with Crippen LogP contribution in [0.1, 0.15) is 12.8 Å². The normalized spacial score (nSPS) is 24.1. The van der Waals surface area contributed by atoms with Gasteiger partial charge in [-0.05, 0) is 31.0 Å². The zero-order valence-corrected chi connectivity index (χ0v) is 10.4. The maximum absolute atomic E-state index is 11.2. The minimum atomic E-state index is -3.63. The second-order valence-corrected chi connectivity index (χ2v) is 5.80. The fourth-order valence-corrected chi connectivity index (χ4v) is 2.43. The monoisotopic (exact) mass is 256 g/mol. The van der Waals surface area contributed by atoms with Crippen molar-refractivity contribution in [3.63, 3.8) is 0 Å². The summed E-state index contributed by atoms with van der Waals surface area (Å²) < 4.78 is 27.5. The molecule has 1 aliphatic carbocycles. The first-order valence-electron chi connectivity index (χ1n) is 5.41. The van der Waals surface area contributed by atoms with Gasteiger partial charge in [0.05, 0.1) is 11.0 Å². The highest BCUT2D eigenvalue weighted by atomic mass is 32.2. The molecule has 0 aliphatic heterocycles. The second-order valence-electron chi connectivity index (χ2n) is 4.24. The van der Waals surface area contributed by atoms with Crippen LogP contribution in [0.25, 0.3) is 0 Å². The van der Waals surface area contributed by atoms with E-state index in [0.29, 0.717) is 12.1 Å². The fraction of sp³-hybridized carbons (Fsp3) is 0.455. The highest BCUT2D eigenvalue weighted by Gasteiger charge is 2.28. The van der Waals surface area contributed by atoms with E-state index in [1.54, 1.807) is 19.2 Å². The molecular weight excluding hydrogens is 240 g/mol. The minimum Gasteiger partial charge on any atom is -0.382 e. The predicted octanol–water partition coefficient (Wildman–Crippen LogP) is 0.923. The summed E-state index contributed by atoms with van der Waals surface area (Å²) in [4.78, 5) is 0.130. The molecule has 17 heavy (non-hydrogen) atoms. The summed E-state index contributed by atoms with van der Waals surface area (Å²) in [7, 11) is -1.93. The molecule has 0 amide bonds. The molecule has 0 saturated heterocycles. The number of methoxy groups -OCH3 is 1. The maximum atomic E-state index is 11.2. The molecule has 6 heteroatoms. The van der Waals surface area contributed by atoms with Gasteiger partial charge in [0, 0.05) is 18.8 Å². The molecule has 5 nitrogen and oxygen atoms in total. The molecule has 1 aromatic carbocycles. The van der Waals surface area contributed by atoms with E-state index >= 15 is 0 Å². The lowest BCUT2D eigenvalue weighted by molar-refractivity contribution is 0.0328. The lowest BCUT2D eigenvalue weighted by Gasteiger charge is -2.35. The van der Waals surface area contributed by atoms with Crippen molar-refractivity contribution in [3.05, 3.63) is 24.3 Å². The molecule has 0 aromatic heterocycles. The summed E-state index contributed by atoms with van der Waals surface area (Å²) in [5.74, 6) is 0. The Balaban J connectivity index is 2.03. The van der Waals surface area contributed by atoms with Gasteiger partial charge in [0.1, 0.15) is 0 Å². The van der Waals surface area contributed by atoms with Crippen molar-refractivity contribution >= 4 is 15.7 Å². The largest absolute Gasteiger partial charge is 0.382 e. The van der Waals surface area contributed by atoms with Crippen molar-refractivity contribution in [2.75, 3.05) is 12.4 Å². The number of primary sulfonamides is 1. The van der Waals surface area contributed by atoms with E-state index in [0.717, 1.165) is 18.5 Å². The highest BCUT2D eigenvalue weighted by molar-refractivity contribution is 7.89. The van der Waals surface area contributed by atoms with Crippen LogP contribution < -0.4 is 10.5 Å². The van der Waals surface area contributed by atoms with Crippen molar-refractivity contribution in [2.45, 2.75) is 29.9 Å². The van der Waals surface area contributed by atoms with Gasteiger partial charge < -0.3 is 10.1 Å². The van der Waals surface area contributed by atoms with Crippen LogP contribution in [0.15, 0.2) is 29.2 Å². The summed E-state index contributed by atoms with van der Waals surface area (Å²) in [6, 6.07) is 6.88. The SMILES string of the molecule is COC1CC(Nc2cccc(S(N)(=O)=O)c2)C1. The summed E-state index contributed by atoms with van der Waals surface area (Å²) >= 11 is 0. The Labute approximate surface area is 101 Å². The number of hydrogen-bond acceptors (Lipinski definition) is 4. The fourth-order valence-electron chi connectivity index (χ4n) is 1.87. The number of sulfonamides is 1. The molecule has 3 N–H and O–H groups in total. The standard InChI is InChI=1S/C11H16N2O3S/c1-16-10-5-9(6-10)13-8-3-2-4-11(7-8)17(12,14)15/h2-4,7,9-10,13H,5-6H2,1H3,(H2,12,14,15). The molecular formula is C11H16N2O3S. The lowest BCUT2D eigenvalue weighted by Crippen LogP contribution is -2.40. The van der Waals surface area contributed by atoms with Gasteiger partial charge in [0.25, 0.3) is 0 Å². The Kier molecular flexibility index (Phi) is 3.37. The average molecular weight is 256 g/mol. The van der Waals surface area contributed by atoms with E-state index in [9.17, 15) is 8.42 Å². The Morgan fingerprint density at radius 1 is 1.41 bits per heavy atom. The van der Waals surface area contributed by atoms with Gasteiger partial charge in [0.15, 0.2) is 0 Å². The Bertz CT molecular complexity index is 495. The quantitative estimate of drug-likeness (QED) is 0.839. The Hall–Kier alpha value is -1.11. The van der Waals surface area contributed by atoms with E-state index in [-0.39, 0.29) is 4.90 Å². The van der Waals surface area contributed by atoms with E-state index in [2.05, 4.69) is 5.32 Å². The number of hydrogen-bond donors (Lipinski definition) is 2. The first-order valence-corrected chi connectivity index (χ1v) is 6.96. The molecule has 0 atom stereocenters. The van der Waals surface area contributed by atoms with E-state index < -0.39 is 10.0 Å². The third-order valence-electron chi connectivity index (χ3n) is 2.96. The van der Waals surface area contributed by atoms with E-state index in [4.69, 9.17) is 9.88 Å². The first-order chi connectivity index (χ1) is 7.99. The van der Waals surface area contributed by atoms with Crippen LogP contribution in [0.4, 0.5) is 5.69 Å². The molecule has 0 heterocycles. The predicted molar refractivity (Wildman–Crippen MR) is 65.3 cm³/mol. The van der Waals surface area contributed by atoms with Crippen LogP contribution in [-0.4, -0.2) is 27.7 Å². The number of benzene rings is 1. The molecule has 0 radical (unpaired) electrons. The third kappa shape index (κ3) is 2.96. The van der Waals surface area contributed by atoms with Crippen LogP contribution in [0.2, 0.25) is 0 Å². The van der Waals surface area contributed by atoms with Gasteiger partial charge in [0.2, 0.25) is 10.0 Å². The number of rotatable bonds is 4. The molecule has 1 aromatic rings. The van der Waals surface area contributed by atoms with Gasteiger partial charge in [-0.25, -0.2) is 13.6 Å². The molecule has 0 bridgehead atoms. The zero-order chi connectivity index (χ0) is 12.5. The Morgan fingerprint density at radius 3 is 2.71 bits per heavy atom. The minimum absolute atomic E-state index is 0.130. The summed E-state index contributed by atoms with van der Waals surface area (Å²) in [5, 5.41) is 8.33. The Morgan fingerprint density at radius 2 is 2.12 bits per heavy atom. The van der Waals surface area contributed by atoms with Crippen LogP contribution in [0.5, 0.6) is 0 Å². The summed E-state index contributed by atoms with van der Waals surface area (Å²) in [5.41, 5.74) is 0.774. The summed E-state index contributed by atoms with van der Waals surface area (Å²) in [6.45, 7) is 0. The second kappa shape index (κ2) is 4.64. The summed E-state index contributed by atoms with van der Waals surface area (Å²) in [6.07, 6.45) is 2.19. The highest BCUT2D eigenvalue weighted by Crippen LogP contribution is 2.26. The van der Waals surface area contributed by atoms with Gasteiger partial charge in [-0.15, -0.1) is 0 Å². The van der Waals surface area contributed by atoms with E-state index in [1.807, 2.05) is 6.07 Å². The zero-order valence-electron chi connectivity index (χ0n) is 9.59. The van der Waals surface area contributed by atoms with Crippen molar-refractivity contribution in [1.29, 1.82) is 0 Å². The number of ether oxygens (including phenoxy) is 1. The van der Waals surface area contributed by atoms with Crippen molar-refractivity contribution < 1.29 is 13.2 Å². The molecule has 1 saturated carbocycles. The lowest BCUT2D eigenvalue weighted by atomic mass is 9.89.